The molecule has 3 N–H and O–H groups in total. The Balaban J connectivity index is 1.75. The SMILES string of the molecule is CCNC(=NCCN(CC)C1CC1)NC1CCC(O)CC1. The molecule has 5 heteroatoms. The van der Waals surface area contributed by atoms with Gasteiger partial charge in [-0.15, -0.1) is 0 Å². The first-order valence-electron chi connectivity index (χ1n) is 8.69. The van der Waals surface area contributed by atoms with Crippen molar-refractivity contribution in [2.75, 3.05) is 26.2 Å². The van der Waals surface area contributed by atoms with Gasteiger partial charge in [-0.05, 0) is 52.0 Å². The molecule has 0 unspecified atom stereocenters. The van der Waals surface area contributed by atoms with E-state index in [2.05, 4.69) is 29.4 Å². The molecular weight excluding hydrogens is 264 g/mol. The van der Waals surface area contributed by atoms with Gasteiger partial charge in [0.05, 0.1) is 12.6 Å². The van der Waals surface area contributed by atoms with Crippen LogP contribution in [0.5, 0.6) is 0 Å². The quantitative estimate of drug-likeness (QED) is 0.490. The van der Waals surface area contributed by atoms with Crippen LogP contribution in [0.2, 0.25) is 0 Å². The number of aliphatic imine (C=N–C) groups is 1. The summed E-state index contributed by atoms with van der Waals surface area (Å²) in [5, 5.41) is 16.4. The van der Waals surface area contributed by atoms with Crippen LogP contribution in [0.1, 0.15) is 52.4 Å². The van der Waals surface area contributed by atoms with Crippen molar-refractivity contribution in [3.05, 3.63) is 0 Å². The van der Waals surface area contributed by atoms with Crippen LogP contribution in [0.4, 0.5) is 0 Å². The van der Waals surface area contributed by atoms with Crippen LogP contribution in [0.3, 0.4) is 0 Å². The van der Waals surface area contributed by atoms with Crippen LogP contribution in [0.25, 0.3) is 0 Å². The van der Waals surface area contributed by atoms with Crippen LogP contribution >= 0.6 is 0 Å². The molecule has 0 atom stereocenters. The molecule has 2 fully saturated rings. The Labute approximate surface area is 129 Å². The van der Waals surface area contributed by atoms with Gasteiger partial charge in [0.2, 0.25) is 0 Å². The number of likely N-dealkylation sites (N-methyl/N-ethyl adjacent to an activating group) is 1. The number of hydrogen-bond donors (Lipinski definition) is 3. The minimum atomic E-state index is -0.0979. The highest BCUT2D eigenvalue weighted by Gasteiger charge is 2.27. The molecule has 0 heterocycles. The molecule has 21 heavy (non-hydrogen) atoms. The van der Waals surface area contributed by atoms with Gasteiger partial charge in [-0.2, -0.15) is 0 Å². The minimum Gasteiger partial charge on any atom is -0.393 e. The summed E-state index contributed by atoms with van der Waals surface area (Å²) < 4.78 is 0. The molecule has 0 aromatic carbocycles. The smallest absolute Gasteiger partial charge is 0.191 e. The zero-order valence-corrected chi connectivity index (χ0v) is 13.6. The predicted octanol–water partition coefficient (Wildman–Crippen LogP) is 1.33. The van der Waals surface area contributed by atoms with E-state index in [9.17, 15) is 5.11 Å². The Morgan fingerprint density at radius 3 is 2.43 bits per heavy atom. The van der Waals surface area contributed by atoms with E-state index in [1.54, 1.807) is 0 Å². The molecule has 0 aromatic rings. The molecule has 0 aromatic heterocycles. The standard InChI is InChI=1S/C16H32N4O/c1-3-17-16(19-13-5-9-15(21)10-6-13)18-11-12-20(4-2)14-7-8-14/h13-15,21H,3-12H2,1-2H3,(H2,17,18,19). The molecule has 5 nitrogen and oxygen atoms in total. The van der Waals surface area contributed by atoms with Crippen molar-refractivity contribution >= 4 is 5.96 Å². The monoisotopic (exact) mass is 296 g/mol. The average molecular weight is 296 g/mol. The maximum absolute atomic E-state index is 9.57. The first-order valence-corrected chi connectivity index (χ1v) is 8.69. The van der Waals surface area contributed by atoms with Crippen LogP contribution in [-0.2, 0) is 0 Å². The highest BCUT2D eigenvalue weighted by molar-refractivity contribution is 5.80. The van der Waals surface area contributed by atoms with Gasteiger partial charge >= 0.3 is 0 Å². The zero-order chi connectivity index (χ0) is 15.1. The first-order chi connectivity index (χ1) is 10.2. The van der Waals surface area contributed by atoms with Crippen molar-refractivity contribution in [3.8, 4) is 0 Å². The molecule has 2 saturated carbocycles. The van der Waals surface area contributed by atoms with Gasteiger partial charge in [0.15, 0.2) is 5.96 Å². The Hall–Kier alpha value is -0.810. The van der Waals surface area contributed by atoms with Crippen molar-refractivity contribution < 1.29 is 5.11 Å². The Morgan fingerprint density at radius 2 is 1.86 bits per heavy atom. The molecule has 2 aliphatic carbocycles. The van der Waals surface area contributed by atoms with Gasteiger partial charge < -0.3 is 15.7 Å². The number of hydrogen-bond acceptors (Lipinski definition) is 3. The van der Waals surface area contributed by atoms with Crippen LogP contribution in [0.15, 0.2) is 4.99 Å². The molecule has 2 aliphatic rings. The summed E-state index contributed by atoms with van der Waals surface area (Å²) in [7, 11) is 0. The van der Waals surface area contributed by atoms with Gasteiger partial charge in [-0.3, -0.25) is 9.89 Å². The van der Waals surface area contributed by atoms with E-state index in [0.29, 0.717) is 6.04 Å². The average Bonchev–Trinajstić information content (AvgIpc) is 3.31. The summed E-state index contributed by atoms with van der Waals surface area (Å²) in [5.74, 6) is 0.936. The number of aliphatic hydroxyl groups excluding tert-OH is 1. The van der Waals surface area contributed by atoms with E-state index in [0.717, 1.165) is 63.9 Å². The third kappa shape index (κ3) is 5.83. The first kappa shape index (κ1) is 16.6. The largest absolute Gasteiger partial charge is 0.393 e. The van der Waals surface area contributed by atoms with Crippen molar-refractivity contribution in [1.82, 2.24) is 15.5 Å². The number of aliphatic hydroxyl groups is 1. The van der Waals surface area contributed by atoms with Crippen molar-refractivity contribution in [2.24, 2.45) is 4.99 Å². The highest BCUT2D eigenvalue weighted by atomic mass is 16.3. The Bertz CT molecular complexity index is 322. The number of nitrogens with zero attached hydrogens (tertiary/aromatic N) is 2. The van der Waals surface area contributed by atoms with E-state index < -0.39 is 0 Å². The third-order valence-corrected chi connectivity index (χ3v) is 4.51. The number of nitrogens with one attached hydrogen (secondary N) is 2. The molecule has 0 aliphatic heterocycles. The summed E-state index contributed by atoms with van der Waals surface area (Å²) in [6.45, 7) is 8.27. The third-order valence-electron chi connectivity index (χ3n) is 4.51. The lowest BCUT2D eigenvalue weighted by Gasteiger charge is -2.27. The fourth-order valence-electron chi connectivity index (χ4n) is 3.06. The van der Waals surface area contributed by atoms with E-state index in [1.165, 1.54) is 12.8 Å². The second-order valence-corrected chi connectivity index (χ2v) is 6.27. The minimum absolute atomic E-state index is 0.0979. The summed E-state index contributed by atoms with van der Waals surface area (Å²) in [6.07, 6.45) is 6.51. The van der Waals surface area contributed by atoms with E-state index in [1.807, 2.05) is 0 Å². The lowest BCUT2D eigenvalue weighted by Crippen LogP contribution is -2.45. The topological polar surface area (TPSA) is 59.9 Å². The molecular formula is C16H32N4O. The molecule has 0 radical (unpaired) electrons. The van der Waals surface area contributed by atoms with Gasteiger partial charge in [-0.25, -0.2) is 0 Å². The maximum Gasteiger partial charge on any atom is 0.191 e. The maximum atomic E-state index is 9.57. The number of rotatable bonds is 7. The second-order valence-electron chi connectivity index (χ2n) is 6.27. The van der Waals surface area contributed by atoms with Crippen LogP contribution in [0, 0.1) is 0 Å². The molecule has 0 saturated heterocycles. The van der Waals surface area contributed by atoms with Crippen LogP contribution in [-0.4, -0.2) is 60.3 Å². The Kier molecular flexibility index (Phi) is 6.77. The van der Waals surface area contributed by atoms with Crippen LogP contribution < -0.4 is 10.6 Å². The van der Waals surface area contributed by atoms with E-state index in [4.69, 9.17) is 4.99 Å². The van der Waals surface area contributed by atoms with E-state index >= 15 is 0 Å². The molecule has 2 rings (SSSR count). The lowest BCUT2D eigenvalue weighted by molar-refractivity contribution is 0.120. The zero-order valence-electron chi connectivity index (χ0n) is 13.6. The summed E-state index contributed by atoms with van der Waals surface area (Å²) >= 11 is 0. The normalized spacial score (nSPS) is 27.0. The second kappa shape index (κ2) is 8.59. The number of guanidine groups is 1. The van der Waals surface area contributed by atoms with Gasteiger partial charge in [0.1, 0.15) is 0 Å². The van der Waals surface area contributed by atoms with E-state index in [-0.39, 0.29) is 6.10 Å². The van der Waals surface area contributed by atoms with Crippen molar-refractivity contribution in [1.29, 1.82) is 0 Å². The van der Waals surface area contributed by atoms with Crippen molar-refractivity contribution in [2.45, 2.75) is 70.6 Å². The predicted molar refractivity (Wildman–Crippen MR) is 87.6 cm³/mol. The Morgan fingerprint density at radius 1 is 1.14 bits per heavy atom. The summed E-state index contributed by atoms with van der Waals surface area (Å²) in [6, 6.07) is 1.28. The summed E-state index contributed by atoms with van der Waals surface area (Å²) in [4.78, 5) is 7.25. The summed E-state index contributed by atoms with van der Waals surface area (Å²) in [5.41, 5.74) is 0. The van der Waals surface area contributed by atoms with Gasteiger partial charge in [-0.1, -0.05) is 6.92 Å². The molecule has 122 valence electrons. The fourth-order valence-corrected chi connectivity index (χ4v) is 3.06. The lowest BCUT2D eigenvalue weighted by atomic mass is 9.93. The van der Waals surface area contributed by atoms with Gasteiger partial charge in [0, 0.05) is 25.2 Å². The molecule has 0 amide bonds. The molecule has 0 bridgehead atoms. The molecule has 0 spiro atoms. The van der Waals surface area contributed by atoms with Crippen molar-refractivity contribution in [3.63, 3.8) is 0 Å². The fraction of sp³-hybridized carbons (Fsp3) is 0.938. The van der Waals surface area contributed by atoms with Gasteiger partial charge in [0.25, 0.3) is 0 Å². The highest BCUT2D eigenvalue weighted by Crippen LogP contribution is 2.25.